The Morgan fingerprint density at radius 3 is 2.61 bits per heavy atom. The lowest BCUT2D eigenvalue weighted by Crippen LogP contribution is -2.47. The monoisotopic (exact) mass is 385 g/mol. The van der Waals surface area contributed by atoms with E-state index in [1.54, 1.807) is 13.2 Å². The summed E-state index contributed by atoms with van der Waals surface area (Å²) >= 11 is 0. The van der Waals surface area contributed by atoms with Crippen molar-refractivity contribution >= 4 is 11.8 Å². The zero-order valence-electron chi connectivity index (χ0n) is 16.4. The van der Waals surface area contributed by atoms with E-state index in [0.717, 1.165) is 32.5 Å². The minimum atomic E-state index is -0.377. The molecular weight excluding hydrogens is 358 g/mol. The third-order valence-corrected chi connectivity index (χ3v) is 4.84. The molecule has 1 aromatic heterocycles. The zero-order valence-corrected chi connectivity index (χ0v) is 16.4. The van der Waals surface area contributed by atoms with Gasteiger partial charge in [0.15, 0.2) is 0 Å². The molecule has 28 heavy (non-hydrogen) atoms. The molecule has 1 aliphatic heterocycles. The van der Waals surface area contributed by atoms with Crippen LogP contribution in [0.15, 0.2) is 36.5 Å². The third-order valence-electron chi connectivity index (χ3n) is 4.84. The average molecular weight is 385 g/mol. The molecule has 2 amide bonds. The molecule has 0 radical (unpaired) electrons. The number of piperidine rings is 1. The Bertz CT molecular complexity index is 797. The fourth-order valence-corrected chi connectivity index (χ4v) is 3.39. The molecule has 2 heterocycles. The smallest absolute Gasteiger partial charge is 0.258 e. The van der Waals surface area contributed by atoms with Gasteiger partial charge in [0, 0.05) is 38.9 Å². The van der Waals surface area contributed by atoms with E-state index in [0.29, 0.717) is 5.56 Å². The van der Waals surface area contributed by atoms with Crippen LogP contribution in [0.25, 0.3) is 0 Å². The summed E-state index contributed by atoms with van der Waals surface area (Å²) in [6.45, 7) is 2.75. The number of ether oxygens (including phenoxy) is 1. The molecule has 1 saturated heterocycles. The summed E-state index contributed by atoms with van der Waals surface area (Å²) in [5.41, 5.74) is 1.62. The lowest BCUT2D eigenvalue weighted by Gasteiger charge is -2.32. The number of hydrogen-bond donors (Lipinski definition) is 2. The van der Waals surface area contributed by atoms with Crippen molar-refractivity contribution in [2.45, 2.75) is 25.4 Å². The number of methoxy groups -OCH3 is 1. The van der Waals surface area contributed by atoms with Crippen LogP contribution in [-0.4, -0.2) is 59.3 Å². The third kappa shape index (κ3) is 5.32. The SMILES string of the molecule is COc1nn(C)cc1C(=O)NCC(=O)NC1CCN(Cc2ccccc2)CC1. The van der Waals surface area contributed by atoms with Gasteiger partial charge in [0.2, 0.25) is 11.8 Å². The van der Waals surface area contributed by atoms with Crippen molar-refractivity contribution in [1.29, 1.82) is 0 Å². The molecule has 150 valence electrons. The van der Waals surface area contributed by atoms with Crippen molar-refractivity contribution in [3.05, 3.63) is 47.7 Å². The zero-order chi connectivity index (χ0) is 19.9. The van der Waals surface area contributed by atoms with Crippen LogP contribution in [0, 0.1) is 0 Å². The number of aromatic nitrogens is 2. The first-order chi connectivity index (χ1) is 13.5. The Balaban J connectivity index is 1.39. The molecule has 0 aliphatic carbocycles. The van der Waals surface area contributed by atoms with E-state index in [-0.39, 0.29) is 30.3 Å². The van der Waals surface area contributed by atoms with Gasteiger partial charge >= 0.3 is 0 Å². The standard InChI is InChI=1S/C20H27N5O3/c1-24-14-17(20(23-24)28-2)19(27)21-12-18(26)22-16-8-10-25(11-9-16)13-15-6-4-3-5-7-15/h3-7,14,16H,8-13H2,1-2H3,(H,21,27)(H,22,26). The van der Waals surface area contributed by atoms with Gasteiger partial charge in [0.25, 0.3) is 5.91 Å². The molecule has 8 heteroatoms. The summed E-state index contributed by atoms with van der Waals surface area (Å²) < 4.78 is 6.57. The first kappa shape index (κ1) is 19.9. The first-order valence-corrected chi connectivity index (χ1v) is 9.46. The number of likely N-dealkylation sites (tertiary alicyclic amines) is 1. The molecule has 0 bridgehead atoms. The van der Waals surface area contributed by atoms with Crippen LogP contribution >= 0.6 is 0 Å². The second-order valence-electron chi connectivity index (χ2n) is 7.01. The molecule has 2 N–H and O–H groups in total. The fourth-order valence-electron chi connectivity index (χ4n) is 3.39. The predicted octanol–water partition coefficient (Wildman–Crippen LogP) is 0.939. The van der Waals surface area contributed by atoms with Crippen LogP contribution in [0.5, 0.6) is 5.88 Å². The lowest BCUT2D eigenvalue weighted by molar-refractivity contribution is -0.121. The molecule has 8 nitrogen and oxygen atoms in total. The second-order valence-corrected chi connectivity index (χ2v) is 7.01. The van der Waals surface area contributed by atoms with E-state index < -0.39 is 0 Å². The molecule has 0 atom stereocenters. The van der Waals surface area contributed by atoms with Crippen LogP contribution in [0.3, 0.4) is 0 Å². The van der Waals surface area contributed by atoms with Crippen molar-refractivity contribution < 1.29 is 14.3 Å². The van der Waals surface area contributed by atoms with Gasteiger partial charge in [0.05, 0.1) is 13.7 Å². The normalized spacial score (nSPS) is 15.2. The van der Waals surface area contributed by atoms with Crippen LogP contribution in [0.1, 0.15) is 28.8 Å². The van der Waals surface area contributed by atoms with E-state index >= 15 is 0 Å². The minimum Gasteiger partial charge on any atom is -0.479 e. The number of aryl methyl sites for hydroxylation is 1. The van der Waals surface area contributed by atoms with Gasteiger partial charge in [-0.15, -0.1) is 5.10 Å². The van der Waals surface area contributed by atoms with Gasteiger partial charge in [-0.05, 0) is 18.4 Å². The van der Waals surface area contributed by atoms with Crippen molar-refractivity contribution in [2.75, 3.05) is 26.7 Å². The van der Waals surface area contributed by atoms with Crippen LogP contribution in [-0.2, 0) is 18.4 Å². The quantitative estimate of drug-likeness (QED) is 0.741. The predicted molar refractivity (Wildman–Crippen MR) is 105 cm³/mol. The Labute approximate surface area is 164 Å². The van der Waals surface area contributed by atoms with E-state index in [4.69, 9.17) is 4.74 Å². The molecule has 1 aliphatic rings. The Morgan fingerprint density at radius 1 is 1.21 bits per heavy atom. The highest BCUT2D eigenvalue weighted by molar-refractivity contribution is 5.98. The molecule has 1 fully saturated rings. The molecular formula is C20H27N5O3. The van der Waals surface area contributed by atoms with E-state index in [9.17, 15) is 9.59 Å². The first-order valence-electron chi connectivity index (χ1n) is 9.46. The van der Waals surface area contributed by atoms with E-state index in [2.05, 4.69) is 44.9 Å². The van der Waals surface area contributed by atoms with Crippen LogP contribution < -0.4 is 15.4 Å². The van der Waals surface area contributed by atoms with Crippen LogP contribution in [0.2, 0.25) is 0 Å². The van der Waals surface area contributed by atoms with Crippen LogP contribution in [0.4, 0.5) is 0 Å². The van der Waals surface area contributed by atoms with E-state index in [1.165, 1.54) is 17.4 Å². The summed E-state index contributed by atoms with van der Waals surface area (Å²) in [6, 6.07) is 10.5. The summed E-state index contributed by atoms with van der Waals surface area (Å²) in [4.78, 5) is 26.8. The van der Waals surface area contributed by atoms with Gasteiger partial charge in [0.1, 0.15) is 5.56 Å². The number of carbonyl (C=O) groups excluding carboxylic acids is 2. The highest BCUT2D eigenvalue weighted by Gasteiger charge is 2.22. The number of rotatable bonds is 7. The van der Waals surface area contributed by atoms with Gasteiger partial charge < -0.3 is 15.4 Å². The second kappa shape index (κ2) is 9.36. The summed E-state index contributed by atoms with van der Waals surface area (Å²) in [7, 11) is 3.16. The Kier molecular flexibility index (Phi) is 6.65. The maximum absolute atomic E-state index is 12.2. The van der Waals surface area contributed by atoms with Crippen molar-refractivity contribution in [3.63, 3.8) is 0 Å². The summed E-state index contributed by atoms with van der Waals surface area (Å²) in [5, 5.41) is 9.67. The van der Waals surface area contributed by atoms with Gasteiger partial charge in [-0.3, -0.25) is 19.2 Å². The highest BCUT2D eigenvalue weighted by Crippen LogP contribution is 2.15. The Hall–Kier alpha value is -2.87. The summed E-state index contributed by atoms with van der Waals surface area (Å²) in [5.74, 6) is -0.318. The molecule has 0 unspecified atom stereocenters. The molecule has 2 aromatic rings. The highest BCUT2D eigenvalue weighted by atomic mass is 16.5. The topological polar surface area (TPSA) is 88.5 Å². The number of carbonyl (C=O) groups is 2. The average Bonchev–Trinajstić information content (AvgIpc) is 3.09. The number of benzene rings is 1. The minimum absolute atomic E-state index is 0.0683. The Morgan fingerprint density at radius 2 is 1.93 bits per heavy atom. The lowest BCUT2D eigenvalue weighted by atomic mass is 10.0. The number of hydrogen-bond acceptors (Lipinski definition) is 5. The molecule has 1 aromatic carbocycles. The molecule has 0 saturated carbocycles. The maximum atomic E-state index is 12.2. The van der Waals surface area contributed by atoms with Crippen molar-refractivity contribution in [3.8, 4) is 5.88 Å². The summed E-state index contributed by atoms with van der Waals surface area (Å²) in [6.07, 6.45) is 3.38. The fraction of sp³-hybridized carbons (Fsp3) is 0.450. The number of nitrogens with one attached hydrogen (secondary N) is 2. The largest absolute Gasteiger partial charge is 0.479 e. The molecule has 0 spiro atoms. The van der Waals surface area contributed by atoms with Gasteiger partial charge in [-0.1, -0.05) is 30.3 Å². The maximum Gasteiger partial charge on any atom is 0.258 e. The molecule has 3 rings (SSSR count). The van der Waals surface area contributed by atoms with Crippen molar-refractivity contribution in [2.24, 2.45) is 7.05 Å². The number of nitrogens with zero attached hydrogens (tertiary/aromatic N) is 3. The van der Waals surface area contributed by atoms with Crippen molar-refractivity contribution in [1.82, 2.24) is 25.3 Å². The van der Waals surface area contributed by atoms with Gasteiger partial charge in [-0.2, -0.15) is 0 Å². The van der Waals surface area contributed by atoms with Gasteiger partial charge in [-0.25, -0.2) is 0 Å². The van der Waals surface area contributed by atoms with E-state index in [1.807, 2.05) is 6.07 Å². The number of amides is 2.